The molecule has 0 fully saturated rings. The second-order valence-corrected chi connectivity index (χ2v) is 20.8. The molecule has 1 N–H and O–H groups in total. The van der Waals surface area contributed by atoms with Gasteiger partial charge in [0.05, 0.1) is 6.61 Å². The molecule has 0 saturated heterocycles. The Morgan fingerprint density at radius 1 is 0.324 bits per heavy atom. The molecular weight excluding hydrogens is 909 g/mol. The molecule has 1 atom stereocenters. The topological polar surface area (TPSA) is 72.8 Å². The zero-order valence-corrected chi connectivity index (χ0v) is 48.6. The third-order valence-electron chi connectivity index (χ3n) is 13.6. The van der Waals surface area contributed by atoms with Gasteiger partial charge in [0, 0.05) is 12.8 Å². The van der Waals surface area contributed by atoms with E-state index in [-0.39, 0.29) is 25.2 Å². The molecule has 0 bridgehead atoms. The van der Waals surface area contributed by atoms with Gasteiger partial charge in [0.2, 0.25) is 0 Å². The van der Waals surface area contributed by atoms with E-state index in [0.717, 1.165) is 89.9 Å². The summed E-state index contributed by atoms with van der Waals surface area (Å²) in [6, 6.07) is 0. The second-order valence-electron chi connectivity index (χ2n) is 20.8. The fourth-order valence-corrected chi connectivity index (χ4v) is 8.86. The predicted molar refractivity (Wildman–Crippen MR) is 325 cm³/mol. The summed E-state index contributed by atoms with van der Waals surface area (Å²) in [6.07, 6.45) is 92.3. The van der Waals surface area contributed by atoms with Gasteiger partial charge in [0.15, 0.2) is 6.10 Å². The first-order valence-corrected chi connectivity index (χ1v) is 31.4. The zero-order chi connectivity index (χ0) is 53.4. The lowest BCUT2D eigenvalue weighted by atomic mass is 10.0. The quantitative estimate of drug-likeness (QED) is 0.0373. The SMILES string of the molecule is CC/C=C\C/C=C\C/C=C\C/C=C\C/C=C\C/C=C\C/C=C\CCCCCCCCCCCCCCCCCCCC(=O)OC(CO)COC(=O)CCCCCCCCCCC/C=C\C/C=C\CCCCCCC. The van der Waals surface area contributed by atoms with Gasteiger partial charge >= 0.3 is 11.9 Å². The Labute approximate surface area is 459 Å². The monoisotopic (exact) mass is 1030 g/mol. The van der Waals surface area contributed by atoms with Crippen LogP contribution in [-0.2, 0) is 19.1 Å². The highest BCUT2D eigenvalue weighted by Crippen LogP contribution is 2.16. The molecule has 1 unspecified atom stereocenters. The lowest BCUT2D eigenvalue weighted by Crippen LogP contribution is -2.28. The van der Waals surface area contributed by atoms with E-state index in [1.165, 1.54) is 180 Å². The number of rotatable bonds is 57. The smallest absolute Gasteiger partial charge is 0.306 e. The number of hydrogen-bond donors (Lipinski definition) is 1. The largest absolute Gasteiger partial charge is 0.462 e. The molecule has 0 radical (unpaired) electrons. The molecule has 0 aliphatic heterocycles. The summed E-state index contributed by atoms with van der Waals surface area (Å²) in [6.45, 7) is 4.03. The third-order valence-corrected chi connectivity index (χ3v) is 13.6. The molecule has 0 rings (SSSR count). The molecule has 5 nitrogen and oxygen atoms in total. The Hall–Kier alpha value is -3.44. The van der Waals surface area contributed by atoms with Crippen molar-refractivity contribution in [3.63, 3.8) is 0 Å². The number of carbonyl (C=O) groups is 2. The first-order chi connectivity index (χ1) is 36.6. The van der Waals surface area contributed by atoms with E-state index in [1.807, 2.05) is 0 Å². The molecule has 0 aliphatic carbocycles. The van der Waals surface area contributed by atoms with Gasteiger partial charge < -0.3 is 14.6 Å². The van der Waals surface area contributed by atoms with Crippen LogP contribution in [0, 0.1) is 0 Å². The van der Waals surface area contributed by atoms with Crippen LogP contribution in [-0.4, -0.2) is 36.4 Å². The summed E-state index contributed by atoms with van der Waals surface area (Å²) in [5, 5.41) is 9.67. The minimum absolute atomic E-state index is 0.0695. The summed E-state index contributed by atoms with van der Waals surface area (Å²) < 4.78 is 10.7. The van der Waals surface area contributed by atoms with Crippen LogP contribution in [0.1, 0.15) is 296 Å². The average molecular weight is 1030 g/mol. The molecule has 0 aromatic heterocycles. The number of carbonyl (C=O) groups excluding carboxylic acids is 2. The summed E-state index contributed by atoms with van der Waals surface area (Å²) >= 11 is 0. The number of unbranched alkanes of at least 4 members (excludes halogenated alkanes) is 31. The number of allylic oxidation sites excluding steroid dienone is 18. The van der Waals surface area contributed by atoms with Gasteiger partial charge in [-0.2, -0.15) is 0 Å². The van der Waals surface area contributed by atoms with Crippen molar-refractivity contribution in [1.82, 2.24) is 0 Å². The Balaban J connectivity index is 3.48. The molecule has 0 spiro atoms. The summed E-state index contributed by atoms with van der Waals surface area (Å²) in [4.78, 5) is 24.6. The van der Waals surface area contributed by atoms with E-state index in [9.17, 15) is 14.7 Å². The Morgan fingerprint density at radius 2 is 0.581 bits per heavy atom. The Kier molecular flexibility index (Phi) is 60.9. The minimum Gasteiger partial charge on any atom is -0.462 e. The molecule has 5 heteroatoms. The van der Waals surface area contributed by atoms with Crippen molar-refractivity contribution in [1.29, 1.82) is 0 Å². The number of esters is 2. The number of aliphatic hydroxyl groups excluding tert-OH is 1. The van der Waals surface area contributed by atoms with E-state index < -0.39 is 6.10 Å². The van der Waals surface area contributed by atoms with Crippen molar-refractivity contribution in [3.05, 3.63) is 109 Å². The van der Waals surface area contributed by atoms with Crippen LogP contribution in [0.15, 0.2) is 109 Å². The van der Waals surface area contributed by atoms with Crippen molar-refractivity contribution < 1.29 is 24.2 Å². The van der Waals surface area contributed by atoms with E-state index in [2.05, 4.69) is 123 Å². The van der Waals surface area contributed by atoms with Crippen LogP contribution in [0.25, 0.3) is 0 Å². The molecule has 0 saturated carbocycles. The lowest BCUT2D eigenvalue weighted by molar-refractivity contribution is -0.161. The maximum atomic E-state index is 12.3. The highest BCUT2D eigenvalue weighted by atomic mass is 16.6. The molecule has 0 aliphatic rings. The maximum absolute atomic E-state index is 12.3. The van der Waals surface area contributed by atoms with Crippen molar-refractivity contribution in [2.45, 2.75) is 302 Å². The Bertz CT molecular complexity index is 1440. The van der Waals surface area contributed by atoms with Gasteiger partial charge in [0.25, 0.3) is 0 Å². The lowest BCUT2D eigenvalue weighted by Gasteiger charge is -2.15. The molecule has 424 valence electrons. The number of aliphatic hydroxyl groups is 1. The molecule has 0 aromatic carbocycles. The molecular formula is C69H118O5. The van der Waals surface area contributed by atoms with Crippen LogP contribution in [0.3, 0.4) is 0 Å². The standard InChI is InChI=1S/C69H118O5/c1-3-5-7-9-11-13-15-17-19-21-23-25-26-27-28-29-30-31-32-33-34-35-36-37-38-39-40-41-42-44-46-48-50-52-54-56-58-60-62-64-69(72)74-67(65-70)66-73-68(71)63-61-59-57-55-53-51-49-47-45-43-24-22-20-18-16-14-12-10-8-6-4-2/h5,7,11,13,16-19,22-25,27-28,30-31,33-34,67,70H,3-4,6,8-10,12,14-15,20-21,26,29,32,35-66H2,1-2H3/b7-5-,13-11-,18-16-,19-17-,24-22-,25-23-,28-27-,31-30-,34-33-. The van der Waals surface area contributed by atoms with Gasteiger partial charge in [-0.1, -0.05) is 290 Å². The molecule has 0 heterocycles. The van der Waals surface area contributed by atoms with Gasteiger partial charge in [-0.3, -0.25) is 9.59 Å². The van der Waals surface area contributed by atoms with Gasteiger partial charge in [0.1, 0.15) is 6.61 Å². The van der Waals surface area contributed by atoms with Gasteiger partial charge in [-0.05, 0) is 103 Å². The number of ether oxygens (including phenoxy) is 2. The predicted octanol–water partition coefficient (Wildman–Crippen LogP) is 21.6. The first-order valence-electron chi connectivity index (χ1n) is 31.4. The second kappa shape index (κ2) is 63.8. The van der Waals surface area contributed by atoms with Crippen molar-refractivity contribution in [2.75, 3.05) is 13.2 Å². The van der Waals surface area contributed by atoms with E-state index in [1.54, 1.807) is 0 Å². The fraction of sp³-hybridized carbons (Fsp3) is 0.710. The maximum Gasteiger partial charge on any atom is 0.306 e. The first kappa shape index (κ1) is 70.6. The molecule has 0 aromatic rings. The normalized spacial score (nSPS) is 13.0. The van der Waals surface area contributed by atoms with Crippen molar-refractivity contribution in [2.24, 2.45) is 0 Å². The van der Waals surface area contributed by atoms with Crippen LogP contribution in [0.4, 0.5) is 0 Å². The van der Waals surface area contributed by atoms with E-state index >= 15 is 0 Å². The average Bonchev–Trinajstić information content (AvgIpc) is 3.40. The van der Waals surface area contributed by atoms with Crippen LogP contribution >= 0.6 is 0 Å². The summed E-state index contributed by atoms with van der Waals surface area (Å²) in [5.74, 6) is -0.589. The van der Waals surface area contributed by atoms with Gasteiger partial charge in [-0.25, -0.2) is 0 Å². The Morgan fingerprint density at radius 3 is 0.878 bits per heavy atom. The van der Waals surface area contributed by atoms with Crippen molar-refractivity contribution in [3.8, 4) is 0 Å². The van der Waals surface area contributed by atoms with Gasteiger partial charge in [-0.15, -0.1) is 0 Å². The minimum atomic E-state index is -0.779. The highest BCUT2D eigenvalue weighted by molar-refractivity contribution is 5.70. The fourth-order valence-electron chi connectivity index (χ4n) is 8.86. The van der Waals surface area contributed by atoms with Crippen LogP contribution < -0.4 is 0 Å². The van der Waals surface area contributed by atoms with Crippen molar-refractivity contribution >= 4 is 11.9 Å². The summed E-state index contributed by atoms with van der Waals surface area (Å²) in [7, 11) is 0. The number of hydrogen-bond acceptors (Lipinski definition) is 5. The molecule has 74 heavy (non-hydrogen) atoms. The zero-order valence-electron chi connectivity index (χ0n) is 48.6. The highest BCUT2D eigenvalue weighted by Gasteiger charge is 2.16. The third kappa shape index (κ3) is 61.1. The van der Waals surface area contributed by atoms with Crippen LogP contribution in [0.5, 0.6) is 0 Å². The van der Waals surface area contributed by atoms with E-state index in [4.69, 9.17) is 9.47 Å². The summed E-state index contributed by atoms with van der Waals surface area (Å²) in [5.41, 5.74) is 0. The van der Waals surface area contributed by atoms with Crippen LogP contribution in [0.2, 0.25) is 0 Å². The van der Waals surface area contributed by atoms with E-state index in [0.29, 0.717) is 12.8 Å². The molecule has 0 amide bonds.